The normalized spacial score (nSPS) is 12.6. The Bertz CT molecular complexity index is 546. The van der Waals surface area contributed by atoms with Gasteiger partial charge in [-0.15, -0.1) is 0 Å². The molecule has 6 nitrogen and oxygen atoms in total. The molecule has 0 spiro atoms. The first-order chi connectivity index (χ1) is 8.97. The van der Waals surface area contributed by atoms with Gasteiger partial charge in [-0.1, -0.05) is 17.3 Å². The highest BCUT2D eigenvalue weighted by Crippen LogP contribution is 2.12. The van der Waals surface area contributed by atoms with E-state index in [1.54, 1.807) is 0 Å². The van der Waals surface area contributed by atoms with Crippen LogP contribution in [0.2, 0.25) is 0 Å². The van der Waals surface area contributed by atoms with Gasteiger partial charge in [0.25, 0.3) is 0 Å². The number of benzene rings is 1. The summed E-state index contributed by atoms with van der Waals surface area (Å²) in [6, 6.07) is 5.17. The summed E-state index contributed by atoms with van der Waals surface area (Å²) in [6.45, 7) is 0.162. The number of rotatable bonds is 7. The van der Waals surface area contributed by atoms with Gasteiger partial charge in [-0.3, -0.25) is 0 Å². The molecule has 1 aromatic carbocycles. The molecule has 0 aromatic heterocycles. The van der Waals surface area contributed by atoms with Crippen LogP contribution in [0.25, 0.3) is 0 Å². The number of nitrogens with one attached hydrogen (secondary N) is 1. The Hall–Kier alpha value is -1.67. The maximum Gasteiger partial charge on any atom is 0.243 e. The van der Waals surface area contributed by atoms with Crippen LogP contribution in [0.3, 0.4) is 0 Å². The molecule has 0 heterocycles. The van der Waals surface area contributed by atoms with E-state index in [2.05, 4.69) is 9.88 Å². The summed E-state index contributed by atoms with van der Waals surface area (Å²) in [6.07, 6.45) is 1.44. The second-order valence-corrected chi connectivity index (χ2v) is 5.61. The van der Waals surface area contributed by atoms with Crippen LogP contribution >= 0.6 is 0 Å². The van der Waals surface area contributed by atoms with E-state index in [-0.39, 0.29) is 17.3 Å². The van der Waals surface area contributed by atoms with Gasteiger partial charge in [0, 0.05) is 13.0 Å². The summed E-state index contributed by atoms with van der Waals surface area (Å²) in [7, 11) is -3.83. The Balaban J connectivity index is 2.47. The van der Waals surface area contributed by atoms with Crippen molar-refractivity contribution in [2.45, 2.75) is 24.2 Å². The molecule has 0 amide bonds. The zero-order chi connectivity index (χ0) is 14.3. The Morgan fingerprint density at radius 2 is 2.05 bits per heavy atom. The van der Waals surface area contributed by atoms with Crippen molar-refractivity contribution in [3.63, 3.8) is 0 Å². The molecule has 0 fully saturated rings. The molecule has 0 saturated heterocycles. The number of hydrogen-bond acceptors (Lipinski definition) is 4. The molecule has 0 unspecified atom stereocenters. The van der Waals surface area contributed by atoms with Gasteiger partial charge in [0.05, 0.1) is 0 Å². The number of amidine groups is 1. The highest BCUT2D eigenvalue weighted by atomic mass is 32.2. The molecule has 0 aliphatic carbocycles. The number of sulfonamides is 1. The SMILES string of the molecule is NC(CCCCNS(=O)(=O)c1ccccc1F)=NO. The van der Waals surface area contributed by atoms with Crippen molar-refractivity contribution in [2.24, 2.45) is 10.9 Å². The number of nitrogens with two attached hydrogens (primary N) is 1. The molecule has 0 bridgehead atoms. The third-order valence-corrected chi connectivity index (χ3v) is 3.90. The number of hydrogen-bond donors (Lipinski definition) is 3. The third kappa shape index (κ3) is 4.84. The fraction of sp³-hybridized carbons (Fsp3) is 0.364. The zero-order valence-electron chi connectivity index (χ0n) is 10.2. The van der Waals surface area contributed by atoms with Crippen molar-refractivity contribution in [1.29, 1.82) is 0 Å². The average Bonchev–Trinajstić information content (AvgIpc) is 2.38. The predicted octanol–water partition coefficient (Wildman–Crippen LogP) is 1.02. The summed E-state index contributed by atoms with van der Waals surface area (Å²) in [5.74, 6) is -0.691. The van der Waals surface area contributed by atoms with Gasteiger partial charge < -0.3 is 10.9 Å². The van der Waals surface area contributed by atoms with Gasteiger partial charge in [0.1, 0.15) is 16.5 Å². The van der Waals surface area contributed by atoms with Crippen LogP contribution in [0.4, 0.5) is 4.39 Å². The minimum atomic E-state index is -3.83. The Kier molecular flexibility index (Phi) is 5.71. The van der Waals surface area contributed by atoms with E-state index in [0.717, 1.165) is 6.07 Å². The lowest BCUT2D eigenvalue weighted by molar-refractivity contribution is 0.316. The lowest BCUT2D eigenvalue weighted by atomic mass is 10.2. The van der Waals surface area contributed by atoms with Crippen molar-refractivity contribution in [3.8, 4) is 0 Å². The molecule has 1 aromatic rings. The minimum absolute atomic E-state index is 0.0944. The summed E-state index contributed by atoms with van der Waals surface area (Å²) in [5, 5.41) is 11.1. The van der Waals surface area contributed by atoms with Crippen molar-refractivity contribution in [3.05, 3.63) is 30.1 Å². The fourth-order valence-corrected chi connectivity index (χ4v) is 2.58. The van der Waals surface area contributed by atoms with Crippen LogP contribution in [0.5, 0.6) is 0 Å². The van der Waals surface area contributed by atoms with Crippen LogP contribution in [0.1, 0.15) is 19.3 Å². The van der Waals surface area contributed by atoms with Gasteiger partial charge in [0.15, 0.2) is 0 Å². The molecule has 0 radical (unpaired) electrons. The first-order valence-electron chi connectivity index (χ1n) is 5.68. The first-order valence-corrected chi connectivity index (χ1v) is 7.16. The van der Waals surface area contributed by atoms with E-state index in [0.29, 0.717) is 19.3 Å². The van der Waals surface area contributed by atoms with Crippen LogP contribution in [0, 0.1) is 5.82 Å². The van der Waals surface area contributed by atoms with Gasteiger partial charge in [-0.25, -0.2) is 17.5 Å². The number of nitrogens with zero attached hydrogens (tertiary/aromatic N) is 1. The quantitative estimate of drug-likeness (QED) is 0.229. The monoisotopic (exact) mass is 289 g/mol. The molecular weight excluding hydrogens is 273 g/mol. The molecule has 0 atom stereocenters. The van der Waals surface area contributed by atoms with Crippen molar-refractivity contribution < 1.29 is 18.0 Å². The van der Waals surface area contributed by atoms with Crippen molar-refractivity contribution in [1.82, 2.24) is 4.72 Å². The second kappa shape index (κ2) is 7.05. The molecule has 4 N–H and O–H groups in total. The largest absolute Gasteiger partial charge is 0.409 e. The second-order valence-electron chi connectivity index (χ2n) is 3.88. The van der Waals surface area contributed by atoms with Gasteiger partial charge in [0.2, 0.25) is 10.0 Å². The highest BCUT2D eigenvalue weighted by Gasteiger charge is 2.17. The number of halogens is 1. The molecule has 0 aliphatic heterocycles. The number of unbranched alkanes of at least 4 members (excludes halogenated alkanes) is 1. The Morgan fingerprint density at radius 1 is 1.37 bits per heavy atom. The maximum absolute atomic E-state index is 13.3. The minimum Gasteiger partial charge on any atom is -0.409 e. The molecule has 0 saturated carbocycles. The lowest BCUT2D eigenvalue weighted by Gasteiger charge is -2.07. The van der Waals surface area contributed by atoms with Crippen LogP contribution < -0.4 is 10.5 Å². The smallest absolute Gasteiger partial charge is 0.243 e. The van der Waals surface area contributed by atoms with Crippen LogP contribution in [-0.2, 0) is 10.0 Å². The van der Waals surface area contributed by atoms with E-state index in [9.17, 15) is 12.8 Å². The number of oxime groups is 1. The van der Waals surface area contributed by atoms with Gasteiger partial charge in [-0.05, 0) is 25.0 Å². The Labute approximate surface area is 111 Å². The molecule has 1 rings (SSSR count). The topological polar surface area (TPSA) is 105 Å². The molecule has 0 aliphatic rings. The lowest BCUT2D eigenvalue weighted by Crippen LogP contribution is -2.25. The summed E-state index contributed by atoms with van der Waals surface area (Å²) in [5.41, 5.74) is 5.26. The zero-order valence-corrected chi connectivity index (χ0v) is 11.0. The van der Waals surface area contributed by atoms with Gasteiger partial charge in [-0.2, -0.15) is 0 Å². The summed E-state index contributed by atoms with van der Waals surface area (Å²) in [4.78, 5) is -0.369. The highest BCUT2D eigenvalue weighted by molar-refractivity contribution is 7.89. The Morgan fingerprint density at radius 3 is 2.68 bits per heavy atom. The first kappa shape index (κ1) is 15.4. The molecule has 8 heteroatoms. The standard InChI is InChI=1S/C11H16FN3O3S/c12-9-5-1-2-6-10(9)19(17,18)14-8-4-3-7-11(13)15-16/h1-2,5-6,14,16H,3-4,7-8H2,(H2,13,15). The molecule has 106 valence electrons. The van der Waals surface area contributed by atoms with E-state index in [1.165, 1.54) is 18.2 Å². The molecular formula is C11H16FN3O3S. The van der Waals surface area contributed by atoms with Gasteiger partial charge >= 0.3 is 0 Å². The maximum atomic E-state index is 13.3. The average molecular weight is 289 g/mol. The van der Waals surface area contributed by atoms with Crippen molar-refractivity contribution in [2.75, 3.05) is 6.54 Å². The van der Waals surface area contributed by atoms with Crippen LogP contribution in [-0.4, -0.2) is 26.0 Å². The van der Waals surface area contributed by atoms with E-state index in [1.807, 2.05) is 0 Å². The molecule has 19 heavy (non-hydrogen) atoms. The van der Waals surface area contributed by atoms with E-state index in [4.69, 9.17) is 10.9 Å². The predicted molar refractivity (Wildman–Crippen MR) is 68.8 cm³/mol. The van der Waals surface area contributed by atoms with E-state index >= 15 is 0 Å². The van der Waals surface area contributed by atoms with E-state index < -0.39 is 15.8 Å². The summed E-state index contributed by atoms with van der Waals surface area (Å²) >= 11 is 0. The van der Waals surface area contributed by atoms with Crippen LogP contribution in [0.15, 0.2) is 34.3 Å². The summed E-state index contributed by atoms with van der Waals surface area (Å²) < 4.78 is 39.2. The fourth-order valence-electron chi connectivity index (χ4n) is 1.43. The third-order valence-electron chi connectivity index (χ3n) is 2.41. The van der Waals surface area contributed by atoms with Crippen molar-refractivity contribution >= 4 is 15.9 Å².